The zero-order valence-corrected chi connectivity index (χ0v) is 15.3. The second-order valence-electron chi connectivity index (χ2n) is 8.54. The van der Waals surface area contributed by atoms with Crippen molar-refractivity contribution in [2.45, 2.75) is 96.6 Å². The number of carbonyl (C=O) groups is 1. The van der Waals surface area contributed by atoms with Crippen molar-refractivity contribution in [2.75, 3.05) is 6.54 Å². The van der Waals surface area contributed by atoms with E-state index in [9.17, 15) is 9.90 Å². The fourth-order valence-corrected chi connectivity index (χ4v) is 3.99. The lowest BCUT2D eigenvalue weighted by Gasteiger charge is -2.40. The lowest BCUT2D eigenvalue weighted by molar-refractivity contribution is 0.00451. The first-order valence-electron chi connectivity index (χ1n) is 9.08. The number of amides is 1. The molecule has 4 unspecified atom stereocenters. The smallest absolute Gasteiger partial charge is 0.410 e. The molecule has 2 heterocycles. The van der Waals surface area contributed by atoms with Crippen LogP contribution in [0.3, 0.4) is 0 Å². The summed E-state index contributed by atoms with van der Waals surface area (Å²) in [5.74, 6) is 0.469. The van der Waals surface area contributed by atoms with Crippen molar-refractivity contribution in [3.05, 3.63) is 0 Å². The molecule has 1 amide bonds. The molecule has 2 fully saturated rings. The van der Waals surface area contributed by atoms with Crippen LogP contribution >= 0.6 is 0 Å². The normalized spacial score (nSPS) is 30.2. The van der Waals surface area contributed by atoms with E-state index in [0.29, 0.717) is 24.0 Å². The molecule has 4 atom stereocenters. The first-order chi connectivity index (χ1) is 10.7. The van der Waals surface area contributed by atoms with Crippen molar-refractivity contribution in [3.63, 3.8) is 0 Å². The van der Waals surface area contributed by atoms with Gasteiger partial charge in [0.1, 0.15) is 5.60 Å². The molecule has 0 aromatic heterocycles. The lowest BCUT2D eigenvalue weighted by Crippen LogP contribution is -2.53. The maximum Gasteiger partial charge on any atom is 0.410 e. The predicted octanol–water partition coefficient (Wildman–Crippen LogP) is 2.91. The van der Waals surface area contributed by atoms with Crippen LogP contribution in [0.25, 0.3) is 0 Å². The lowest BCUT2D eigenvalue weighted by atomic mass is 9.96. The molecule has 2 aliphatic rings. The Morgan fingerprint density at radius 2 is 1.83 bits per heavy atom. The van der Waals surface area contributed by atoms with Crippen LogP contribution in [0.4, 0.5) is 4.79 Å². The predicted molar refractivity (Wildman–Crippen MR) is 91.4 cm³/mol. The molecule has 0 aromatic rings. The van der Waals surface area contributed by atoms with Gasteiger partial charge in [-0.05, 0) is 72.3 Å². The van der Waals surface area contributed by atoms with Crippen LogP contribution in [-0.2, 0) is 4.74 Å². The summed E-state index contributed by atoms with van der Waals surface area (Å²) in [5.41, 5.74) is -0.429. The molecule has 2 rings (SSSR count). The standard InChI is InChI=1S/C18H34N2O3/c1-12(8-13(2)21)11-19-14-9-15-6-7-16(10-14)20(15)17(22)23-18(3,4)5/h12-16,19,21H,6-11H2,1-5H3. The minimum absolute atomic E-state index is 0.147. The summed E-state index contributed by atoms with van der Waals surface area (Å²) >= 11 is 0. The number of hydrogen-bond acceptors (Lipinski definition) is 4. The molecule has 0 aromatic carbocycles. The number of nitrogens with zero attached hydrogens (tertiary/aromatic N) is 1. The van der Waals surface area contributed by atoms with Crippen LogP contribution < -0.4 is 5.32 Å². The number of nitrogens with one attached hydrogen (secondary N) is 1. The minimum Gasteiger partial charge on any atom is -0.444 e. The zero-order chi connectivity index (χ0) is 17.2. The van der Waals surface area contributed by atoms with Crippen molar-refractivity contribution in [1.82, 2.24) is 10.2 Å². The Morgan fingerprint density at radius 1 is 1.26 bits per heavy atom. The van der Waals surface area contributed by atoms with Gasteiger partial charge in [-0.3, -0.25) is 0 Å². The molecule has 5 heteroatoms. The van der Waals surface area contributed by atoms with E-state index in [0.717, 1.165) is 38.6 Å². The Balaban J connectivity index is 1.83. The topological polar surface area (TPSA) is 61.8 Å². The Kier molecular flexibility index (Phi) is 5.95. The van der Waals surface area contributed by atoms with Crippen molar-refractivity contribution in [2.24, 2.45) is 5.92 Å². The molecule has 0 radical (unpaired) electrons. The van der Waals surface area contributed by atoms with Crippen LogP contribution in [0.2, 0.25) is 0 Å². The van der Waals surface area contributed by atoms with Gasteiger partial charge in [-0.1, -0.05) is 6.92 Å². The van der Waals surface area contributed by atoms with Crippen molar-refractivity contribution in [1.29, 1.82) is 0 Å². The fourth-order valence-electron chi connectivity index (χ4n) is 3.99. The highest BCUT2D eigenvalue weighted by Crippen LogP contribution is 2.36. The third-order valence-electron chi connectivity index (χ3n) is 4.84. The highest BCUT2D eigenvalue weighted by Gasteiger charge is 2.44. The Bertz CT molecular complexity index is 392. The molecular formula is C18H34N2O3. The summed E-state index contributed by atoms with van der Waals surface area (Å²) in [6.07, 6.45) is 4.64. The van der Waals surface area contributed by atoms with Crippen LogP contribution in [0, 0.1) is 5.92 Å². The maximum atomic E-state index is 12.4. The van der Waals surface area contributed by atoms with E-state index < -0.39 is 5.60 Å². The van der Waals surface area contributed by atoms with E-state index in [1.807, 2.05) is 32.6 Å². The molecule has 0 spiro atoms. The van der Waals surface area contributed by atoms with Gasteiger partial charge in [0.05, 0.1) is 6.10 Å². The van der Waals surface area contributed by atoms with Gasteiger partial charge in [0, 0.05) is 18.1 Å². The van der Waals surface area contributed by atoms with Gasteiger partial charge in [0.2, 0.25) is 0 Å². The molecule has 2 N–H and O–H groups in total. The fraction of sp³-hybridized carbons (Fsp3) is 0.944. The van der Waals surface area contributed by atoms with Crippen LogP contribution in [-0.4, -0.2) is 52.5 Å². The molecule has 134 valence electrons. The second kappa shape index (κ2) is 7.39. The van der Waals surface area contributed by atoms with Gasteiger partial charge in [-0.25, -0.2) is 4.79 Å². The van der Waals surface area contributed by atoms with E-state index in [-0.39, 0.29) is 12.2 Å². The molecule has 0 aliphatic carbocycles. The number of aliphatic hydroxyl groups excluding tert-OH is 1. The SMILES string of the molecule is CC(O)CC(C)CNC1CC2CCC(C1)N2C(=O)OC(C)(C)C. The van der Waals surface area contributed by atoms with E-state index >= 15 is 0 Å². The average molecular weight is 326 g/mol. The van der Waals surface area contributed by atoms with Gasteiger partial charge in [0.15, 0.2) is 0 Å². The summed E-state index contributed by atoms with van der Waals surface area (Å²) in [7, 11) is 0. The van der Waals surface area contributed by atoms with E-state index in [1.165, 1.54) is 0 Å². The van der Waals surface area contributed by atoms with Gasteiger partial charge in [-0.15, -0.1) is 0 Å². The van der Waals surface area contributed by atoms with E-state index in [4.69, 9.17) is 4.74 Å². The number of hydrogen-bond donors (Lipinski definition) is 2. The summed E-state index contributed by atoms with van der Waals surface area (Å²) < 4.78 is 5.57. The number of carbonyl (C=O) groups excluding carboxylic acids is 1. The Labute approximate surface area is 140 Å². The number of piperidine rings is 1. The molecule has 0 saturated carbocycles. The summed E-state index contributed by atoms with van der Waals surface area (Å²) in [6.45, 7) is 10.7. The van der Waals surface area contributed by atoms with E-state index in [1.54, 1.807) is 0 Å². The Hall–Kier alpha value is -0.810. The quantitative estimate of drug-likeness (QED) is 0.815. The average Bonchev–Trinajstić information content (AvgIpc) is 2.65. The molecule has 2 saturated heterocycles. The molecule has 5 nitrogen and oxygen atoms in total. The summed E-state index contributed by atoms with van der Waals surface area (Å²) in [5, 5.41) is 13.1. The summed E-state index contributed by atoms with van der Waals surface area (Å²) in [6, 6.07) is 1.10. The molecule has 2 bridgehead atoms. The zero-order valence-electron chi connectivity index (χ0n) is 15.3. The van der Waals surface area contributed by atoms with Gasteiger partial charge < -0.3 is 20.1 Å². The summed E-state index contributed by atoms with van der Waals surface area (Å²) in [4.78, 5) is 14.4. The highest BCUT2D eigenvalue weighted by atomic mass is 16.6. The minimum atomic E-state index is -0.429. The number of rotatable bonds is 5. The number of aliphatic hydroxyl groups is 1. The van der Waals surface area contributed by atoms with E-state index in [2.05, 4.69) is 12.2 Å². The number of fused-ring (bicyclic) bond motifs is 2. The largest absolute Gasteiger partial charge is 0.444 e. The van der Waals surface area contributed by atoms with Gasteiger partial charge in [-0.2, -0.15) is 0 Å². The van der Waals surface area contributed by atoms with Gasteiger partial charge >= 0.3 is 6.09 Å². The first-order valence-corrected chi connectivity index (χ1v) is 9.08. The third kappa shape index (κ3) is 5.35. The van der Waals surface area contributed by atoms with Crippen LogP contribution in [0.1, 0.15) is 66.7 Å². The molecule has 2 aliphatic heterocycles. The van der Waals surface area contributed by atoms with Crippen LogP contribution in [0.15, 0.2) is 0 Å². The van der Waals surface area contributed by atoms with Crippen LogP contribution in [0.5, 0.6) is 0 Å². The maximum absolute atomic E-state index is 12.4. The second-order valence-corrected chi connectivity index (χ2v) is 8.54. The van der Waals surface area contributed by atoms with Crippen molar-refractivity contribution in [3.8, 4) is 0 Å². The molecule has 23 heavy (non-hydrogen) atoms. The first kappa shape index (κ1) is 18.5. The highest BCUT2D eigenvalue weighted by molar-refractivity contribution is 5.69. The third-order valence-corrected chi connectivity index (χ3v) is 4.84. The Morgan fingerprint density at radius 3 is 2.30 bits per heavy atom. The monoisotopic (exact) mass is 326 g/mol. The van der Waals surface area contributed by atoms with Crippen molar-refractivity contribution < 1.29 is 14.6 Å². The van der Waals surface area contributed by atoms with Gasteiger partial charge in [0.25, 0.3) is 0 Å². The van der Waals surface area contributed by atoms with Crippen molar-refractivity contribution >= 4 is 6.09 Å². The molecular weight excluding hydrogens is 292 g/mol. The number of ether oxygens (including phenoxy) is 1.